The van der Waals surface area contributed by atoms with Crippen molar-refractivity contribution in [2.24, 2.45) is 0 Å². The molecule has 1 aliphatic heterocycles. The van der Waals surface area contributed by atoms with E-state index in [1.165, 1.54) is 24.3 Å². The van der Waals surface area contributed by atoms with E-state index in [1.807, 2.05) is 0 Å². The monoisotopic (exact) mass is 585 g/mol. The number of ether oxygens (including phenoxy) is 1. The predicted octanol–water partition coefficient (Wildman–Crippen LogP) is 3.78. The van der Waals surface area contributed by atoms with Gasteiger partial charge in [-0.25, -0.2) is 4.39 Å². The summed E-state index contributed by atoms with van der Waals surface area (Å²) in [6.07, 6.45) is -3.17. The van der Waals surface area contributed by atoms with E-state index in [0.29, 0.717) is 42.1 Å². The average molecular weight is 586 g/mol. The lowest BCUT2D eigenvalue weighted by molar-refractivity contribution is -0.137. The summed E-state index contributed by atoms with van der Waals surface area (Å²) in [5.74, 6) is -0.688. The molecule has 0 aliphatic carbocycles. The van der Waals surface area contributed by atoms with Crippen molar-refractivity contribution >= 4 is 24.4 Å². The maximum atomic E-state index is 14.4. The van der Waals surface area contributed by atoms with Crippen molar-refractivity contribution < 1.29 is 37.0 Å². The minimum atomic E-state index is -4.48. The molecule has 0 radical (unpaired) electrons. The molecule has 0 saturated carbocycles. The summed E-state index contributed by atoms with van der Waals surface area (Å²) < 4.78 is 59.2. The molecule has 2 bridgehead atoms. The van der Waals surface area contributed by atoms with Gasteiger partial charge in [0.25, 0.3) is 0 Å². The number of halogens is 4. The summed E-state index contributed by atoms with van der Waals surface area (Å²) in [6.45, 7) is 0.302. The van der Waals surface area contributed by atoms with Gasteiger partial charge < -0.3 is 25.8 Å². The van der Waals surface area contributed by atoms with Crippen LogP contribution in [0.5, 0.6) is 5.75 Å². The Hall–Kier alpha value is -2.83. The number of carbonyl (C=O) groups excluding carboxylic acids is 2. The van der Waals surface area contributed by atoms with Crippen LogP contribution < -0.4 is 20.7 Å². The number of aliphatic hydroxyl groups is 1. The highest BCUT2D eigenvalue weighted by molar-refractivity contribution is 7.80. The zero-order chi connectivity index (χ0) is 29.1. The van der Waals surface area contributed by atoms with Crippen LogP contribution in [0.4, 0.5) is 17.6 Å². The molecule has 3 atom stereocenters. The summed E-state index contributed by atoms with van der Waals surface area (Å²) in [5.41, 5.74) is 0.0604. The average Bonchev–Trinajstić information content (AvgIpc) is 2.89. The van der Waals surface area contributed by atoms with Crippen molar-refractivity contribution in [1.82, 2.24) is 16.0 Å². The third-order valence-electron chi connectivity index (χ3n) is 6.50. The molecule has 40 heavy (non-hydrogen) atoms. The van der Waals surface area contributed by atoms with E-state index in [9.17, 15) is 32.3 Å². The van der Waals surface area contributed by atoms with Crippen LogP contribution in [0.1, 0.15) is 48.8 Å². The molecular weight excluding hydrogens is 550 g/mol. The Balaban J connectivity index is 1.78. The first-order valence-electron chi connectivity index (χ1n) is 13.2. The van der Waals surface area contributed by atoms with Crippen LogP contribution in [0.25, 0.3) is 0 Å². The minimum absolute atomic E-state index is 0.0355. The maximum Gasteiger partial charge on any atom is 0.416 e. The van der Waals surface area contributed by atoms with Gasteiger partial charge in [-0.05, 0) is 67.2 Å². The number of amides is 2. The Morgan fingerprint density at radius 3 is 2.65 bits per heavy atom. The SMILES string of the molecule is O=C1CCCCCOc2cc(F)cc(c2)CC([C@H](O)CNCc2cccc(C(F)(F)F)c2)NC(=O)C(CCS)N1. The van der Waals surface area contributed by atoms with E-state index in [0.717, 1.165) is 18.6 Å². The fourth-order valence-corrected chi connectivity index (χ4v) is 4.68. The van der Waals surface area contributed by atoms with Gasteiger partial charge in [0.1, 0.15) is 17.6 Å². The number of hydrogen-bond donors (Lipinski definition) is 5. The van der Waals surface area contributed by atoms with Gasteiger partial charge in [-0.2, -0.15) is 25.8 Å². The molecule has 0 fully saturated rings. The number of alkyl halides is 3. The topological polar surface area (TPSA) is 99.7 Å². The van der Waals surface area contributed by atoms with Crippen LogP contribution in [0, 0.1) is 5.82 Å². The van der Waals surface area contributed by atoms with Crippen molar-refractivity contribution in [2.45, 2.75) is 69.4 Å². The Morgan fingerprint density at radius 2 is 1.90 bits per heavy atom. The van der Waals surface area contributed by atoms with Crippen LogP contribution in [0.2, 0.25) is 0 Å². The van der Waals surface area contributed by atoms with Gasteiger partial charge in [0.05, 0.1) is 24.3 Å². The Kier molecular flexibility index (Phi) is 12.1. The predicted molar refractivity (Wildman–Crippen MR) is 146 cm³/mol. The molecule has 0 spiro atoms. The lowest BCUT2D eigenvalue weighted by Crippen LogP contribution is -2.55. The van der Waals surface area contributed by atoms with Crippen LogP contribution >= 0.6 is 12.6 Å². The first-order valence-corrected chi connectivity index (χ1v) is 13.9. The van der Waals surface area contributed by atoms with Gasteiger partial charge in [-0.1, -0.05) is 18.2 Å². The molecule has 0 saturated heterocycles. The van der Waals surface area contributed by atoms with E-state index in [1.54, 1.807) is 6.07 Å². The number of thiol groups is 1. The van der Waals surface area contributed by atoms with E-state index in [-0.39, 0.29) is 38.3 Å². The highest BCUT2D eigenvalue weighted by Gasteiger charge is 2.30. The van der Waals surface area contributed by atoms with Gasteiger partial charge in [0, 0.05) is 25.6 Å². The van der Waals surface area contributed by atoms with Crippen molar-refractivity contribution in [3.63, 3.8) is 0 Å². The largest absolute Gasteiger partial charge is 0.493 e. The van der Waals surface area contributed by atoms with Gasteiger partial charge in [0.15, 0.2) is 0 Å². The first kappa shape index (κ1) is 31.7. The summed E-state index contributed by atoms with van der Waals surface area (Å²) in [7, 11) is 0. The maximum absolute atomic E-state index is 14.4. The van der Waals surface area contributed by atoms with Crippen LogP contribution in [-0.2, 0) is 28.7 Å². The Labute approximate surface area is 236 Å². The van der Waals surface area contributed by atoms with E-state index < -0.39 is 41.7 Å². The zero-order valence-electron chi connectivity index (χ0n) is 22.0. The van der Waals surface area contributed by atoms with Crippen LogP contribution in [0.3, 0.4) is 0 Å². The molecule has 7 nitrogen and oxygen atoms in total. The smallest absolute Gasteiger partial charge is 0.416 e. The molecule has 2 amide bonds. The van der Waals surface area contributed by atoms with Crippen molar-refractivity contribution in [3.05, 3.63) is 65.0 Å². The fourth-order valence-electron chi connectivity index (χ4n) is 4.43. The molecule has 2 aromatic rings. The number of hydrogen-bond acceptors (Lipinski definition) is 6. The van der Waals surface area contributed by atoms with Crippen LogP contribution in [0.15, 0.2) is 42.5 Å². The van der Waals surface area contributed by atoms with Crippen molar-refractivity contribution in [3.8, 4) is 5.75 Å². The standard InChI is InChI=1S/C28H35F4N3O4S/c29-21-12-19-13-22(15-21)39-9-3-1-2-7-26(37)34-23(8-10-40)27(38)35-24(14-19)25(36)17-33-16-18-5-4-6-20(11-18)28(30,31)32/h4-6,11-13,15,23-25,33,36,40H,1-3,7-10,14,16-17H2,(H,34,37)(H,35,38)/t23?,24?,25-/m1/s1. The molecule has 0 aromatic heterocycles. The number of rotatable bonds is 7. The normalized spacial score (nSPS) is 20.2. The fraction of sp³-hybridized carbons (Fsp3) is 0.500. The van der Waals surface area contributed by atoms with Gasteiger partial charge in [-0.3, -0.25) is 9.59 Å². The molecule has 220 valence electrons. The van der Waals surface area contributed by atoms with Crippen molar-refractivity contribution in [1.29, 1.82) is 0 Å². The quantitative estimate of drug-likeness (QED) is 0.252. The molecular formula is C28H35F4N3O4S. The highest BCUT2D eigenvalue weighted by Crippen LogP contribution is 2.29. The highest BCUT2D eigenvalue weighted by atomic mass is 32.1. The zero-order valence-corrected chi connectivity index (χ0v) is 22.9. The van der Waals surface area contributed by atoms with Crippen molar-refractivity contribution in [2.75, 3.05) is 18.9 Å². The molecule has 4 N–H and O–H groups in total. The van der Waals surface area contributed by atoms with E-state index in [2.05, 4.69) is 28.6 Å². The Morgan fingerprint density at radius 1 is 1.10 bits per heavy atom. The second-order valence-corrected chi connectivity index (χ2v) is 10.2. The molecule has 3 rings (SSSR count). The summed E-state index contributed by atoms with van der Waals surface area (Å²) in [4.78, 5) is 25.6. The minimum Gasteiger partial charge on any atom is -0.493 e. The summed E-state index contributed by atoms with van der Waals surface area (Å²) in [6, 6.07) is 7.22. The number of carbonyl (C=O) groups is 2. The number of benzene rings is 2. The number of aliphatic hydroxyl groups excluding tert-OH is 1. The van der Waals surface area contributed by atoms with Gasteiger partial charge >= 0.3 is 6.18 Å². The second kappa shape index (κ2) is 15.2. The lowest BCUT2D eigenvalue weighted by Gasteiger charge is -2.28. The summed E-state index contributed by atoms with van der Waals surface area (Å²) in [5, 5.41) is 19.4. The van der Waals surface area contributed by atoms with Gasteiger partial charge in [0.2, 0.25) is 11.8 Å². The Bertz CT molecular complexity index is 1130. The van der Waals surface area contributed by atoms with E-state index in [4.69, 9.17) is 4.74 Å². The first-order chi connectivity index (χ1) is 19.0. The third-order valence-corrected chi connectivity index (χ3v) is 6.76. The third kappa shape index (κ3) is 10.3. The molecule has 1 heterocycles. The molecule has 1 aliphatic rings. The number of nitrogens with one attached hydrogen (secondary N) is 3. The lowest BCUT2D eigenvalue weighted by atomic mass is 9.99. The van der Waals surface area contributed by atoms with E-state index >= 15 is 0 Å². The number of fused-ring (bicyclic) bond motifs is 2. The summed E-state index contributed by atoms with van der Waals surface area (Å²) >= 11 is 4.19. The van der Waals surface area contributed by atoms with Gasteiger partial charge in [-0.15, -0.1) is 0 Å². The molecule has 2 aromatic carbocycles. The second-order valence-electron chi connectivity index (χ2n) is 9.80. The molecule has 2 unspecified atom stereocenters. The molecule has 12 heteroatoms. The van der Waals surface area contributed by atoms with Crippen LogP contribution in [-0.4, -0.2) is 54.0 Å².